The number of allylic oxidation sites excluding steroid dienone is 2. The molecular formula is C32H52O3. The van der Waals surface area contributed by atoms with Crippen LogP contribution in [-0.2, 0) is 9.53 Å². The molecule has 0 saturated heterocycles. The molecule has 0 aromatic carbocycles. The van der Waals surface area contributed by atoms with Gasteiger partial charge in [-0.1, -0.05) is 60.1 Å². The molecule has 4 saturated carbocycles. The summed E-state index contributed by atoms with van der Waals surface area (Å²) in [6, 6.07) is 0. The van der Waals surface area contributed by atoms with E-state index >= 15 is 0 Å². The Morgan fingerprint density at radius 1 is 0.971 bits per heavy atom. The summed E-state index contributed by atoms with van der Waals surface area (Å²) in [4.78, 5) is 11.9. The van der Waals surface area contributed by atoms with Gasteiger partial charge in [0.05, 0.1) is 0 Å². The summed E-state index contributed by atoms with van der Waals surface area (Å²) in [5, 5.41) is 10.7. The number of esters is 1. The number of rotatable bonds is 2. The molecule has 3 nitrogen and oxygen atoms in total. The highest BCUT2D eigenvalue weighted by atomic mass is 16.5. The van der Waals surface area contributed by atoms with E-state index in [0.29, 0.717) is 30.3 Å². The van der Waals surface area contributed by atoms with E-state index in [0.717, 1.165) is 18.8 Å². The van der Waals surface area contributed by atoms with E-state index in [1.165, 1.54) is 44.9 Å². The first-order chi connectivity index (χ1) is 16.3. The van der Waals surface area contributed by atoms with Gasteiger partial charge >= 0.3 is 5.97 Å². The second-order valence-electron chi connectivity index (χ2n) is 15.1. The molecule has 10 unspecified atom stereocenters. The maximum atomic E-state index is 11.9. The van der Waals surface area contributed by atoms with Gasteiger partial charge in [-0.15, -0.1) is 0 Å². The molecule has 4 fully saturated rings. The molecule has 0 heterocycles. The van der Waals surface area contributed by atoms with Crippen molar-refractivity contribution in [3.63, 3.8) is 0 Å². The van der Waals surface area contributed by atoms with Gasteiger partial charge in [-0.3, -0.25) is 4.79 Å². The summed E-state index contributed by atoms with van der Waals surface area (Å²) < 4.78 is 5.90. The minimum Gasteiger partial charge on any atom is -0.462 e. The van der Waals surface area contributed by atoms with Crippen molar-refractivity contribution in [2.75, 3.05) is 6.61 Å². The van der Waals surface area contributed by atoms with Crippen LogP contribution in [0.2, 0.25) is 0 Å². The monoisotopic (exact) mass is 484 g/mol. The van der Waals surface area contributed by atoms with Crippen molar-refractivity contribution in [3.8, 4) is 0 Å². The lowest BCUT2D eigenvalue weighted by atomic mass is 9.33. The number of carbonyl (C=O) groups is 1. The number of aliphatic hydroxyl groups is 1. The van der Waals surface area contributed by atoms with Crippen LogP contribution < -0.4 is 0 Å². The summed E-state index contributed by atoms with van der Waals surface area (Å²) >= 11 is 0. The lowest BCUT2D eigenvalue weighted by Crippen LogP contribution is -2.65. The zero-order valence-corrected chi connectivity index (χ0v) is 23.9. The van der Waals surface area contributed by atoms with Gasteiger partial charge < -0.3 is 9.84 Å². The maximum Gasteiger partial charge on any atom is 0.302 e. The highest BCUT2D eigenvalue weighted by Crippen LogP contribution is 2.75. The van der Waals surface area contributed by atoms with Crippen molar-refractivity contribution in [2.45, 2.75) is 119 Å². The van der Waals surface area contributed by atoms with Gasteiger partial charge in [0.15, 0.2) is 0 Å². The fourth-order valence-electron chi connectivity index (χ4n) is 11.3. The molecule has 0 spiro atoms. The predicted molar refractivity (Wildman–Crippen MR) is 142 cm³/mol. The van der Waals surface area contributed by atoms with Crippen LogP contribution >= 0.6 is 0 Å². The Hall–Kier alpha value is -0.830. The zero-order valence-electron chi connectivity index (χ0n) is 23.9. The number of hydrogen-bond acceptors (Lipinski definition) is 3. The summed E-state index contributed by atoms with van der Waals surface area (Å²) in [7, 11) is 0. The molecule has 3 heteroatoms. The second kappa shape index (κ2) is 8.08. The molecule has 0 aromatic rings. The van der Waals surface area contributed by atoms with Gasteiger partial charge in [0.1, 0.15) is 6.10 Å². The van der Waals surface area contributed by atoms with Gasteiger partial charge in [-0.25, -0.2) is 0 Å². The molecule has 35 heavy (non-hydrogen) atoms. The quantitative estimate of drug-likeness (QED) is 0.325. The molecule has 0 bridgehead atoms. The summed E-state index contributed by atoms with van der Waals surface area (Å²) in [6.07, 6.45) is 13.4. The van der Waals surface area contributed by atoms with Gasteiger partial charge in [0.2, 0.25) is 0 Å². The third-order valence-corrected chi connectivity index (χ3v) is 13.7. The molecule has 10 atom stereocenters. The van der Waals surface area contributed by atoms with Gasteiger partial charge in [0, 0.05) is 24.4 Å². The van der Waals surface area contributed by atoms with Crippen molar-refractivity contribution in [1.29, 1.82) is 0 Å². The van der Waals surface area contributed by atoms with Gasteiger partial charge in [-0.2, -0.15) is 0 Å². The molecule has 0 aromatic heterocycles. The Kier molecular flexibility index (Phi) is 5.96. The molecule has 5 aliphatic carbocycles. The average Bonchev–Trinajstić information content (AvgIpc) is 2.78. The minimum absolute atomic E-state index is 0.0107. The molecule has 0 aliphatic heterocycles. The van der Waals surface area contributed by atoms with E-state index in [2.05, 4.69) is 54.5 Å². The van der Waals surface area contributed by atoms with Crippen LogP contribution in [0.3, 0.4) is 0 Å². The van der Waals surface area contributed by atoms with E-state index < -0.39 is 0 Å². The predicted octanol–water partition coefficient (Wildman–Crippen LogP) is 7.57. The number of carbonyl (C=O) groups excluding carboxylic acids is 1. The Balaban J connectivity index is 1.55. The maximum absolute atomic E-state index is 11.9. The molecule has 1 N–H and O–H groups in total. The third-order valence-electron chi connectivity index (χ3n) is 13.7. The van der Waals surface area contributed by atoms with Crippen molar-refractivity contribution in [2.24, 2.45) is 56.7 Å². The second-order valence-corrected chi connectivity index (χ2v) is 15.1. The van der Waals surface area contributed by atoms with Crippen LogP contribution in [0.1, 0.15) is 113 Å². The van der Waals surface area contributed by atoms with Crippen LogP contribution in [0, 0.1) is 56.7 Å². The number of hydrogen-bond donors (Lipinski definition) is 1. The van der Waals surface area contributed by atoms with Crippen LogP contribution in [0.5, 0.6) is 0 Å². The smallest absolute Gasteiger partial charge is 0.302 e. The summed E-state index contributed by atoms with van der Waals surface area (Å²) in [5.74, 6) is 3.03. The van der Waals surface area contributed by atoms with Crippen LogP contribution in [0.4, 0.5) is 0 Å². The first-order valence-electron chi connectivity index (χ1n) is 14.8. The lowest BCUT2D eigenvalue weighted by molar-refractivity contribution is -0.213. The molecule has 0 radical (unpaired) electrons. The first-order valence-corrected chi connectivity index (χ1v) is 14.8. The van der Waals surface area contributed by atoms with Gasteiger partial charge in [0.25, 0.3) is 0 Å². The Labute approximate surface area is 214 Å². The molecule has 5 aliphatic rings. The Morgan fingerprint density at radius 3 is 2.34 bits per heavy atom. The largest absolute Gasteiger partial charge is 0.462 e. The first kappa shape index (κ1) is 25.8. The topological polar surface area (TPSA) is 46.5 Å². The van der Waals surface area contributed by atoms with Crippen molar-refractivity contribution < 1.29 is 14.6 Å². The number of fused-ring (bicyclic) bond motifs is 7. The average molecular weight is 485 g/mol. The van der Waals surface area contributed by atoms with E-state index in [1.54, 1.807) is 12.5 Å². The molecule has 5 rings (SSSR count). The summed E-state index contributed by atoms with van der Waals surface area (Å²) in [5.41, 5.74) is 2.62. The van der Waals surface area contributed by atoms with Crippen LogP contribution in [0.15, 0.2) is 11.6 Å². The number of aliphatic hydroxyl groups excluding tert-OH is 1. The minimum atomic E-state index is -0.129. The van der Waals surface area contributed by atoms with Crippen molar-refractivity contribution in [1.82, 2.24) is 0 Å². The SMILES string of the molecule is CC(=O)OC1CCC2(C)C(CCC3(C)C2CC=C2C4C(C)C(C)CCC4(CO)CCC23C)C1(C)C. The lowest BCUT2D eigenvalue weighted by Gasteiger charge is -2.71. The highest BCUT2D eigenvalue weighted by molar-refractivity contribution is 5.66. The molecule has 0 amide bonds. The zero-order chi connectivity index (χ0) is 25.6. The fourth-order valence-corrected chi connectivity index (χ4v) is 11.3. The van der Waals surface area contributed by atoms with Gasteiger partial charge in [-0.05, 0) is 104 Å². The standard InChI is InChI=1S/C32H52O3/c1-20-11-16-32(19-33)18-17-30(7)23(27(32)21(20)2)9-10-25-29(6)14-13-26(35-22(3)34)28(4,5)24(29)12-15-31(25,30)8/h9,20-21,24-27,33H,10-19H2,1-8H3. The summed E-state index contributed by atoms with van der Waals surface area (Å²) in [6.45, 7) is 19.5. The third kappa shape index (κ3) is 3.28. The normalized spacial score (nSPS) is 52.8. The van der Waals surface area contributed by atoms with E-state index in [4.69, 9.17) is 4.74 Å². The van der Waals surface area contributed by atoms with Crippen molar-refractivity contribution >= 4 is 5.97 Å². The van der Waals surface area contributed by atoms with E-state index in [-0.39, 0.29) is 39.1 Å². The Bertz CT molecular complexity index is 904. The van der Waals surface area contributed by atoms with Crippen molar-refractivity contribution in [3.05, 3.63) is 11.6 Å². The fraction of sp³-hybridized carbons (Fsp3) is 0.906. The van der Waals surface area contributed by atoms with Crippen LogP contribution in [-0.4, -0.2) is 23.8 Å². The van der Waals surface area contributed by atoms with Crippen LogP contribution in [0.25, 0.3) is 0 Å². The molecular weight excluding hydrogens is 432 g/mol. The number of ether oxygens (including phenoxy) is 1. The molecule has 198 valence electrons. The van der Waals surface area contributed by atoms with E-state index in [1.807, 2.05) is 0 Å². The highest BCUT2D eigenvalue weighted by Gasteiger charge is 2.68. The Morgan fingerprint density at radius 2 is 1.69 bits per heavy atom. The van der Waals surface area contributed by atoms with E-state index in [9.17, 15) is 9.90 Å².